The van der Waals surface area contributed by atoms with Gasteiger partial charge in [0.15, 0.2) is 0 Å². The van der Waals surface area contributed by atoms with Crippen LogP contribution in [0.4, 0.5) is 0 Å². The zero-order valence-electron chi connectivity index (χ0n) is 9.38. The Morgan fingerprint density at radius 2 is 1.47 bits per heavy atom. The topological polar surface area (TPSA) is 43.1 Å². The van der Waals surface area contributed by atoms with Crippen molar-refractivity contribution in [3.05, 3.63) is 56.0 Å². The van der Waals surface area contributed by atoms with Crippen LogP contribution < -0.4 is 5.73 Å². The van der Waals surface area contributed by atoms with Crippen molar-refractivity contribution >= 4 is 52.3 Å². The predicted octanol–water partition coefficient (Wildman–Crippen LogP) is 5.07. The van der Waals surface area contributed by atoms with Crippen molar-refractivity contribution in [1.82, 2.24) is 0 Å². The summed E-state index contributed by atoms with van der Waals surface area (Å²) < 4.78 is 0. The minimum absolute atomic E-state index is 0.199. The molecule has 0 heterocycles. The lowest BCUT2D eigenvalue weighted by atomic mass is 9.99. The standard InChI is InChI=1S/C13H7Cl4NO/c14-8-3-1-2-6(12(8)13(18)19)7-4-10(16)11(17)5-9(7)15/h1-5H,(H2,18,19). The summed E-state index contributed by atoms with van der Waals surface area (Å²) in [6.07, 6.45) is 0. The van der Waals surface area contributed by atoms with E-state index in [9.17, 15) is 4.79 Å². The fourth-order valence-electron chi connectivity index (χ4n) is 1.73. The monoisotopic (exact) mass is 333 g/mol. The highest BCUT2D eigenvalue weighted by molar-refractivity contribution is 6.44. The molecule has 98 valence electrons. The quantitative estimate of drug-likeness (QED) is 0.766. The summed E-state index contributed by atoms with van der Waals surface area (Å²) in [6, 6.07) is 8.05. The Labute approximate surface area is 130 Å². The molecule has 0 bridgehead atoms. The highest BCUT2D eigenvalue weighted by atomic mass is 35.5. The molecule has 0 aliphatic carbocycles. The Balaban J connectivity index is 2.76. The minimum Gasteiger partial charge on any atom is -0.366 e. The van der Waals surface area contributed by atoms with E-state index in [0.717, 1.165) is 0 Å². The zero-order valence-corrected chi connectivity index (χ0v) is 12.4. The Hall–Kier alpha value is -0.930. The van der Waals surface area contributed by atoms with Crippen molar-refractivity contribution < 1.29 is 4.79 Å². The summed E-state index contributed by atoms with van der Waals surface area (Å²) in [5, 5.41) is 1.28. The summed E-state index contributed by atoms with van der Waals surface area (Å²) in [5.74, 6) is -0.636. The highest BCUT2D eigenvalue weighted by Crippen LogP contribution is 2.38. The van der Waals surface area contributed by atoms with Crippen molar-refractivity contribution in [2.75, 3.05) is 0 Å². The number of hydrogen-bond donors (Lipinski definition) is 1. The molecule has 0 aliphatic rings. The SMILES string of the molecule is NC(=O)c1c(Cl)cccc1-c1cc(Cl)c(Cl)cc1Cl. The largest absolute Gasteiger partial charge is 0.366 e. The number of rotatable bonds is 2. The Morgan fingerprint density at radius 3 is 2.11 bits per heavy atom. The predicted molar refractivity (Wildman–Crippen MR) is 80.4 cm³/mol. The van der Waals surface area contributed by atoms with Gasteiger partial charge in [0, 0.05) is 5.56 Å². The van der Waals surface area contributed by atoms with Gasteiger partial charge in [-0.1, -0.05) is 58.5 Å². The number of benzene rings is 2. The first-order chi connectivity index (χ1) is 8.91. The first-order valence-corrected chi connectivity index (χ1v) is 6.66. The average Bonchev–Trinajstić information content (AvgIpc) is 2.33. The van der Waals surface area contributed by atoms with Gasteiger partial charge >= 0.3 is 0 Å². The molecule has 2 aromatic carbocycles. The molecular formula is C13H7Cl4NO. The van der Waals surface area contributed by atoms with Gasteiger partial charge in [0.25, 0.3) is 5.91 Å². The molecule has 2 nitrogen and oxygen atoms in total. The van der Waals surface area contributed by atoms with Crippen LogP contribution in [0.2, 0.25) is 20.1 Å². The van der Waals surface area contributed by atoms with E-state index in [1.54, 1.807) is 24.3 Å². The van der Waals surface area contributed by atoms with Gasteiger partial charge in [-0.15, -0.1) is 0 Å². The van der Waals surface area contributed by atoms with Gasteiger partial charge in [0.1, 0.15) is 0 Å². The smallest absolute Gasteiger partial charge is 0.250 e. The molecule has 1 amide bonds. The van der Waals surface area contributed by atoms with E-state index in [4.69, 9.17) is 52.1 Å². The maximum atomic E-state index is 11.5. The molecule has 0 aromatic heterocycles. The number of carbonyl (C=O) groups excluding carboxylic acids is 1. The fourth-order valence-corrected chi connectivity index (χ4v) is 2.64. The van der Waals surface area contributed by atoms with Gasteiger partial charge in [-0.05, 0) is 23.8 Å². The molecule has 0 spiro atoms. The Kier molecular flexibility index (Phi) is 4.26. The molecular weight excluding hydrogens is 328 g/mol. The van der Waals surface area contributed by atoms with E-state index in [0.29, 0.717) is 26.2 Å². The second kappa shape index (κ2) is 5.59. The van der Waals surface area contributed by atoms with Gasteiger partial charge in [-0.2, -0.15) is 0 Å². The van der Waals surface area contributed by atoms with Gasteiger partial charge in [-0.3, -0.25) is 4.79 Å². The van der Waals surface area contributed by atoms with Crippen LogP contribution in [-0.4, -0.2) is 5.91 Å². The first kappa shape index (κ1) is 14.5. The molecule has 2 rings (SSSR count). The highest BCUT2D eigenvalue weighted by Gasteiger charge is 2.17. The number of hydrogen-bond acceptors (Lipinski definition) is 1. The van der Waals surface area contributed by atoms with Crippen LogP contribution in [0.25, 0.3) is 11.1 Å². The lowest BCUT2D eigenvalue weighted by Gasteiger charge is -2.11. The molecule has 2 aromatic rings. The van der Waals surface area contributed by atoms with E-state index < -0.39 is 5.91 Å². The summed E-state index contributed by atoms with van der Waals surface area (Å²) in [7, 11) is 0. The minimum atomic E-state index is -0.636. The van der Waals surface area contributed by atoms with Crippen molar-refractivity contribution in [3.63, 3.8) is 0 Å². The molecule has 0 atom stereocenters. The van der Waals surface area contributed by atoms with Gasteiger partial charge in [0.05, 0.1) is 25.7 Å². The summed E-state index contributed by atoms with van der Waals surface area (Å²) in [4.78, 5) is 11.5. The van der Waals surface area contributed by atoms with Crippen molar-refractivity contribution in [3.8, 4) is 11.1 Å². The van der Waals surface area contributed by atoms with Crippen LogP contribution >= 0.6 is 46.4 Å². The normalized spacial score (nSPS) is 10.5. The molecule has 0 saturated carbocycles. The maximum absolute atomic E-state index is 11.5. The third kappa shape index (κ3) is 2.82. The van der Waals surface area contributed by atoms with Crippen molar-refractivity contribution in [2.45, 2.75) is 0 Å². The van der Waals surface area contributed by atoms with E-state index in [2.05, 4.69) is 0 Å². The molecule has 0 radical (unpaired) electrons. The lowest BCUT2D eigenvalue weighted by molar-refractivity contribution is 0.100. The molecule has 19 heavy (non-hydrogen) atoms. The molecule has 0 aliphatic heterocycles. The van der Waals surface area contributed by atoms with Crippen molar-refractivity contribution in [1.29, 1.82) is 0 Å². The first-order valence-electron chi connectivity index (χ1n) is 5.15. The van der Waals surface area contributed by atoms with E-state index in [1.807, 2.05) is 0 Å². The summed E-state index contributed by atoms with van der Waals surface area (Å²) in [6.45, 7) is 0. The molecule has 0 unspecified atom stereocenters. The number of carbonyl (C=O) groups is 1. The second-order valence-corrected chi connectivity index (χ2v) is 5.40. The average molecular weight is 335 g/mol. The van der Waals surface area contributed by atoms with Crippen LogP contribution in [0, 0.1) is 0 Å². The second-order valence-electron chi connectivity index (χ2n) is 3.77. The summed E-state index contributed by atoms with van der Waals surface area (Å²) in [5.41, 5.74) is 6.61. The van der Waals surface area contributed by atoms with E-state index >= 15 is 0 Å². The fraction of sp³-hybridized carbons (Fsp3) is 0. The van der Waals surface area contributed by atoms with E-state index in [1.165, 1.54) is 6.07 Å². The number of amides is 1. The van der Waals surface area contributed by atoms with Crippen LogP contribution in [0.1, 0.15) is 10.4 Å². The maximum Gasteiger partial charge on any atom is 0.250 e. The number of primary amides is 1. The number of halogens is 4. The van der Waals surface area contributed by atoms with Gasteiger partial charge in [-0.25, -0.2) is 0 Å². The Bertz CT molecular complexity index is 670. The molecule has 0 fully saturated rings. The number of nitrogens with two attached hydrogens (primary N) is 1. The van der Waals surface area contributed by atoms with Gasteiger partial charge < -0.3 is 5.73 Å². The van der Waals surface area contributed by atoms with Gasteiger partial charge in [0.2, 0.25) is 0 Å². The third-order valence-electron chi connectivity index (χ3n) is 2.56. The lowest BCUT2D eigenvalue weighted by Crippen LogP contribution is -2.13. The van der Waals surface area contributed by atoms with Crippen LogP contribution in [0.15, 0.2) is 30.3 Å². The molecule has 6 heteroatoms. The Morgan fingerprint density at radius 1 is 0.842 bits per heavy atom. The summed E-state index contributed by atoms with van der Waals surface area (Å²) >= 11 is 24.0. The molecule has 2 N–H and O–H groups in total. The van der Waals surface area contributed by atoms with E-state index in [-0.39, 0.29) is 10.6 Å². The van der Waals surface area contributed by atoms with Crippen LogP contribution in [0.5, 0.6) is 0 Å². The zero-order chi connectivity index (χ0) is 14.2. The third-order valence-corrected chi connectivity index (χ3v) is 3.91. The molecule has 0 saturated heterocycles. The van der Waals surface area contributed by atoms with Crippen molar-refractivity contribution in [2.24, 2.45) is 5.73 Å². The van der Waals surface area contributed by atoms with Crippen LogP contribution in [-0.2, 0) is 0 Å². The van der Waals surface area contributed by atoms with Crippen LogP contribution in [0.3, 0.4) is 0 Å².